The van der Waals surface area contributed by atoms with Gasteiger partial charge in [-0.3, -0.25) is 4.79 Å². The maximum Gasteiger partial charge on any atom is 0.349 e. The molecule has 0 aliphatic carbocycles. The van der Waals surface area contributed by atoms with E-state index in [0.717, 1.165) is 16.9 Å². The molecule has 2 rings (SSSR count). The van der Waals surface area contributed by atoms with Crippen LogP contribution in [0.1, 0.15) is 40.0 Å². The van der Waals surface area contributed by atoms with Gasteiger partial charge >= 0.3 is 11.9 Å². The van der Waals surface area contributed by atoms with E-state index in [1.807, 2.05) is 30.3 Å². The first-order valence-electron chi connectivity index (χ1n) is 6.95. The summed E-state index contributed by atoms with van der Waals surface area (Å²) in [5, 5.41) is 0.543. The van der Waals surface area contributed by atoms with Gasteiger partial charge in [0.25, 0.3) is 0 Å². The minimum absolute atomic E-state index is 0.222. The molecule has 116 valence electrons. The molecule has 1 aromatic heterocycles. The van der Waals surface area contributed by atoms with Crippen molar-refractivity contribution >= 4 is 23.3 Å². The van der Waals surface area contributed by atoms with Crippen LogP contribution in [0.15, 0.2) is 36.5 Å². The van der Waals surface area contributed by atoms with Gasteiger partial charge in [0.15, 0.2) is 0 Å². The molecule has 0 saturated carbocycles. The summed E-state index contributed by atoms with van der Waals surface area (Å²) in [6.45, 7) is 3.98. The second-order valence-electron chi connectivity index (χ2n) is 4.60. The van der Waals surface area contributed by atoms with Crippen molar-refractivity contribution in [2.24, 2.45) is 0 Å². The van der Waals surface area contributed by atoms with Crippen LogP contribution >= 0.6 is 11.3 Å². The third-order valence-corrected chi connectivity index (χ3v) is 4.11. The Labute approximate surface area is 132 Å². The fourth-order valence-electron chi connectivity index (χ4n) is 1.74. The number of carbonyl (C=O) groups is 2. The Hall–Kier alpha value is -2.21. The highest BCUT2D eigenvalue weighted by atomic mass is 32.1. The SMILES string of the molecule is CCOC(=O)c1cnc(C(C)C(=O)OCc2ccccc2)s1. The number of aromatic nitrogens is 1. The Balaban J connectivity index is 1.94. The van der Waals surface area contributed by atoms with Gasteiger partial charge in [-0.2, -0.15) is 0 Å². The standard InChI is InChI=1S/C16H17NO4S/c1-3-20-16(19)13-9-17-14(22-13)11(2)15(18)21-10-12-7-5-4-6-8-12/h4-9,11H,3,10H2,1-2H3. The van der Waals surface area contributed by atoms with Crippen molar-refractivity contribution in [2.45, 2.75) is 26.4 Å². The minimum Gasteiger partial charge on any atom is -0.462 e. The second kappa shape index (κ2) is 7.70. The topological polar surface area (TPSA) is 65.5 Å². The molecule has 0 aliphatic heterocycles. The van der Waals surface area contributed by atoms with Crippen LogP contribution in [0.4, 0.5) is 0 Å². The fraction of sp³-hybridized carbons (Fsp3) is 0.312. The Kier molecular flexibility index (Phi) is 5.66. The lowest BCUT2D eigenvalue weighted by atomic mass is 10.2. The van der Waals surface area contributed by atoms with Gasteiger partial charge in [0.2, 0.25) is 0 Å². The van der Waals surface area contributed by atoms with Crippen molar-refractivity contribution in [3.8, 4) is 0 Å². The van der Waals surface area contributed by atoms with Crippen molar-refractivity contribution in [2.75, 3.05) is 6.61 Å². The molecular formula is C16H17NO4S. The molecule has 0 amide bonds. The van der Waals surface area contributed by atoms with Gasteiger partial charge in [0, 0.05) is 0 Å². The van der Waals surface area contributed by atoms with Crippen molar-refractivity contribution in [1.29, 1.82) is 0 Å². The molecule has 0 spiro atoms. The monoisotopic (exact) mass is 319 g/mol. The molecule has 0 N–H and O–H groups in total. The summed E-state index contributed by atoms with van der Waals surface area (Å²) in [6.07, 6.45) is 1.43. The van der Waals surface area contributed by atoms with Gasteiger partial charge in [-0.25, -0.2) is 9.78 Å². The second-order valence-corrected chi connectivity index (χ2v) is 5.66. The van der Waals surface area contributed by atoms with E-state index in [0.29, 0.717) is 16.5 Å². The molecule has 1 unspecified atom stereocenters. The van der Waals surface area contributed by atoms with Crippen LogP contribution in [0.5, 0.6) is 0 Å². The quantitative estimate of drug-likeness (QED) is 0.765. The van der Waals surface area contributed by atoms with Gasteiger partial charge in [0.05, 0.1) is 12.8 Å². The molecule has 0 saturated heterocycles. The van der Waals surface area contributed by atoms with Gasteiger partial charge in [-0.05, 0) is 19.4 Å². The average Bonchev–Trinajstić information content (AvgIpc) is 3.03. The van der Waals surface area contributed by atoms with E-state index in [9.17, 15) is 9.59 Å². The van der Waals surface area contributed by atoms with Crippen molar-refractivity contribution in [1.82, 2.24) is 4.98 Å². The van der Waals surface area contributed by atoms with Crippen LogP contribution in [-0.2, 0) is 20.9 Å². The zero-order valence-electron chi connectivity index (χ0n) is 12.4. The number of nitrogens with zero attached hydrogens (tertiary/aromatic N) is 1. The third-order valence-electron chi connectivity index (χ3n) is 2.95. The number of carbonyl (C=O) groups excluding carboxylic acids is 2. The highest BCUT2D eigenvalue weighted by Crippen LogP contribution is 2.23. The predicted molar refractivity (Wildman–Crippen MR) is 82.7 cm³/mol. The lowest BCUT2D eigenvalue weighted by molar-refractivity contribution is -0.146. The van der Waals surface area contributed by atoms with E-state index in [1.54, 1.807) is 13.8 Å². The molecule has 5 nitrogen and oxygen atoms in total. The first-order valence-corrected chi connectivity index (χ1v) is 7.77. The number of ether oxygens (including phenoxy) is 2. The molecule has 1 aromatic carbocycles. The maximum atomic E-state index is 12.0. The molecule has 1 heterocycles. The third kappa shape index (κ3) is 4.14. The van der Waals surface area contributed by atoms with Crippen LogP contribution in [0.2, 0.25) is 0 Å². The summed E-state index contributed by atoms with van der Waals surface area (Å²) in [7, 11) is 0. The van der Waals surface area contributed by atoms with Gasteiger partial charge in [0.1, 0.15) is 22.4 Å². The normalized spacial score (nSPS) is 11.7. The first-order chi connectivity index (χ1) is 10.6. The molecule has 0 radical (unpaired) electrons. The molecule has 1 atom stereocenters. The largest absolute Gasteiger partial charge is 0.462 e. The summed E-state index contributed by atoms with van der Waals surface area (Å²) in [4.78, 5) is 28.1. The van der Waals surface area contributed by atoms with E-state index >= 15 is 0 Å². The van der Waals surface area contributed by atoms with Crippen LogP contribution in [-0.4, -0.2) is 23.5 Å². The van der Waals surface area contributed by atoms with E-state index in [4.69, 9.17) is 9.47 Å². The Morgan fingerprint density at radius 2 is 1.95 bits per heavy atom. The zero-order chi connectivity index (χ0) is 15.9. The smallest absolute Gasteiger partial charge is 0.349 e. The van der Waals surface area contributed by atoms with E-state index in [1.165, 1.54) is 6.20 Å². The van der Waals surface area contributed by atoms with Gasteiger partial charge < -0.3 is 9.47 Å². The van der Waals surface area contributed by atoms with Gasteiger partial charge in [-0.15, -0.1) is 11.3 Å². The van der Waals surface area contributed by atoms with E-state index in [2.05, 4.69) is 4.98 Å². The number of hydrogen-bond donors (Lipinski definition) is 0. The van der Waals surface area contributed by atoms with Crippen LogP contribution in [0, 0.1) is 0 Å². The summed E-state index contributed by atoms with van der Waals surface area (Å²) < 4.78 is 10.2. The van der Waals surface area contributed by atoms with Crippen LogP contribution in [0.3, 0.4) is 0 Å². The van der Waals surface area contributed by atoms with Crippen molar-refractivity contribution in [3.05, 3.63) is 52.0 Å². The van der Waals surface area contributed by atoms with Crippen molar-refractivity contribution in [3.63, 3.8) is 0 Å². The van der Waals surface area contributed by atoms with Crippen molar-refractivity contribution < 1.29 is 19.1 Å². The first kappa shape index (κ1) is 16.2. The summed E-state index contributed by atoms with van der Waals surface area (Å²) in [5.74, 6) is -1.30. The predicted octanol–water partition coefficient (Wildman–Crippen LogP) is 3.17. The fourth-order valence-corrected chi connectivity index (χ4v) is 2.59. The maximum absolute atomic E-state index is 12.0. The van der Waals surface area contributed by atoms with Crippen LogP contribution in [0.25, 0.3) is 0 Å². The van der Waals surface area contributed by atoms with Crippen LogP contribution < -0.4 is 0 Å². The zero-order valence-corrected chi connectivity index (χ0v) is 13.3. The lowest BCUT2D eigenvalue weighted by Gasteiger charge is -2.09. The molecule has 0 bridgehead atoms. The summed E-state index contributed by atoms with van der Waals surface area (Å²) >= 11 is 1.15. The number of thiazole rings is 1. The Morgan fingerprint density at radius 1 is 1.23 bits per heavy atom. The average molecular weight is 319 g/mol. The highest BCUT2D eigenvalue weighted by molar-refractivity contribution is 7.13. The highest BCUT2D eigenvalue weighted by Gasteiger charge is 2.22. The Bertz CT molecular complexity index is 639. The molecule has 22 heavy (non-hydrogen) atoms. The number of hydrogen-bond acceptors (Lipinski definition) is 6. The van der Waals surface area contributed by atoms with E-state index in [-0.39, 0.29) is 12.6 Å². The number of benzene rings is 1. The summed E-state index contributed by atoms with van der Waals surface area (Å²) in [5.41, 5.74) is 0.925. The summed E-state index contributed by atoms with van der Waals surface area (Å²) in [6, 6.07) is 9.46. The minimum atomic E-state index is -0.517. The number of rotatable bonds is 6. The van der Waals surface area contributed by atoms with Gasteiger partial charge in [-0.1, -0.05) is 30.3 Å². The lowest BCUT2D eigenvalue weighted by Crippen LogP contribution is -2.12. The molecular weight excluding hydrogens is 302 g/mol. The molecule has 0 fully saturated rings. The molecule has 2 aromatic rings. The van der Waals surface area contributed by atoms with E-state index < -0.39 is 11.9 Å². The molecule has 0 aliphatic rings. The molecule has 6 heteroatoms. The number of esters is 2. The Morgan fingerprint density at radius 3 is 2.64 bits per heavy atom.